The maximum Gasteiger partial charge on any atom is 0.213 e. The summed E-state index contributed by atoms with van der Waals surface area (Å²) in [7, 11) is -1.79. The quantitative estimate of drug-likeness (QED) is 0.631. The summed E-state index contributed by atoms with van der Waals surface area (Å²) >= 11 is 0. The molecule has 0 fully saturated rings. The number of rotatable bonds is 7. The number of hydrogen-bond donors (Lipinski definition) is 3. The second-order valence-corrected chi connectivity index (χ2v) is 5.31. The molecule has 0 radical (unpaired) electrons. The third kappa shape index (κ3) is 4.96. The molecule has 0 aliphatic carbocycles. The smallest absolute Gasteiger partial charge is 0.213 e. The Morgan fingerprint density at radius 1 is 1.24 bits per heavy atom. The molecule has 0 amide bonds. The van der Waals surface area contributed by atoms with Gasteiger partial charge in [-0.15, -0.1) is 0 Å². The zero-order valence-electron chi connectivity index (χ0n) is 9.90. The molecule has 96 valence electrons. The first-order valence-corrected chi connectivity index (χ1v) is 6.93. The van der Waals surface area contributed by atoms with Crippen LogP contribution in [-0.2, 0) is 10.0 Å². The number of sulfonamides is 1. The van der Waals surface area contributed by atoms with Crippen molar-refractivity contribution < 1.29 is 8.42 Å². The zero-order chi connectivity index (χ0) is 12.7. The number of hydrogen-bond acceptors (Lipinski definition) is 6. The molecule has 0 spiro atoms. The van der Waals surface area contributed by atoms with Crippen molar-refractivity contribution in [2.75, 3.05) is 36.5 Å². The van der Waals surface area contributed by atoms with Crippen molar-refractivity contribution in [3.05, 3.63) is 12.4 Å². The second-order valence-electron chi connectivity index (χ2n) is 3.27. The molecule has 1 heterocycles. The van der Waals surface area contributed by atoms with E-state index >= 15 is 0 Å². The van der Waals surface area contributed by atoms with Gasteiger partial charge in [0.1, 0.15) is 18.0 Å². The van der Waals surface area contributed by atoms with E-state index in [9.17, 15) is 8.42 Å². The summed E-state index contributed by atoms with van der Waals surface area (Å²) in [6, 6.07) is 1.73. The minimum atomic E-state index is -3.18. The Kier molecular flexibility index (Phi) is 5.11. The third-order valence-electron chi connectivity index (χ3n) is 2.01. The minimum absolute atomic E-state index is 0.00401. The Labute approximate surface area is 101 Å². The van der Waals surface area contributed by atoms with Crippen LogP contribution in [0.3, 0.4) is 0 Å². The van der Waals surface area contributed by atoms with Gasteiger partial charge in [-0.25, -0.2) is 23.1 Å². The largest absolute Gasteiger partial charge is 0.370 e. The van der Waals surface area contributed by atoms with E-state index in [1.165, 1.54) is 13.4 Å². The van der Waals surface area contributed by atoms with Gasteiger partial charge in [0, 0.05) is 19.2 Å². The lowest BCUT2D eigenvalue weighted by atomic mass is 10.5. The van der Waals surface area contributed by atoms with Gasteiger partial charge in [0.05, 0.1) is 5.75 Å². The van der Waals surface area contributed by atoms with Crippen LogP contribution < -0.4 is 15.4 Å². The van der Waals surface area contributed by atoms with Crippen LogP contribution >= 0.6 is 0 Å². The van der Waals surface area contributed by atoms with Gasteiger partial charge in [-0.1, -0.05) is 0 Å². The van der Waals surface area contributed by atoms with Gasteiger partial charge in [0.2, 0.25) is 10.0 Å². The molecule has 7 nitrogen and oxygen atoms in total. The molecule has 1 aromatic rings. The summed E-state index contributed by atoms with van der Waals surface area (Å²) in [5, 5.41) is 5.97. The molecule has 0 aliphatic rings. The number of anilines is 2. The normalized spacial score (nSPS) is 11.2. The number of aromatic nitrogens is 2. The van der Waals surface area contributed by atoms with Crippen LogP contribution in [0, 0.1) is 0 Å². The van der Waals surface area contributed by atoms with E-state index in [-0.39, 0.29) is 5.75 Å². The van der Waals surface area contributed by atoms with E-state index < -0.39 is 10.0 Å². The van der Waals surface area contributed by atoms with E-state index in [0.717, 1.165) is 6.54 Å². The molecular formula is C9H17N5O2S. The van der Waals surface area contributed by atoms with Crippen LogP contribution in [0.15, 0.2) is 12.4 Å². The van der Waals surface area contributed by atoms with Gasteiger partial charge in [-0.2, -0.15) is 0 Å². The van der Waals surface area contributed by atoms with Crippen LogP contribution in [0.5, 0.6) is 0 Å². The van der Waals surface area contributed by atoms with Gasteiger partial charge in [0.15, 0.2) is 0 Å². The molecule has 3 N–H and O–H groups in total. The average molecular weight is 259 g/mol. The Hall–Kier alpha value is -1.41. The summed E-state index contributed by atoms with van der Waals surface area (Å²) in [4.78, 5) is 8.00. The monoisotopic (exact) mass is 259 g/mol. The maximum atomic E-state index is 11.2. The van der Waals surface area contributed by atoms with E-state index in [2.05, 4.69) is 25.3 Å². The third-order valence-corrected chi connectivity index (χ3v) is 3.38. The van der Waals surface area contributed by atoms with Gasteiger partial charge in [0.25, 0.3) is 0 Å². The predicted molar refractivity (Wildman–Crippen MR) is 67.5 cm³/mol. The Morgan fingerprint density at radius 2 is 1.88 bits per heavy atom. The fourth-order valence-corrected chi connectivity index (χ4v) is 1.72. The SMILES string of the molecule is CCNc1cc(NCCS(=O)(=O)NC)ncn1. The Bertz CT molecular complexity index is 448. The highest BCUT2D eigenvalue weighted by Gasteiger charge is 2.06. The average Bonchev–Trinajstić information content (AvgIpc) is 2.30. The van der Waals surface area contributed by atoms with Crippen molar-refractivity contribution in [1.82, 2.24) is 14.7 Å². The highest BCUT2D eigenvalue weighted by molar-refractivity contribution is 7.89. The van der Waals surface area contributed by atoms with Crippen LogP contribution in [0.4, 0.5) is 11.6 Å². The Morgan fingerprint density at radius 3 is 2.47 bits per heavy atom. The molecule has 0 saturated carbocycles. The molecule has 8 heteroatoms. The van der Waals surface area contributed by atoms with Crippen LogP contribution in [0.2, 0.25) is 0 Å². The lowest BCUT2D eigenvalue weighted by Crippen LogP contribution is -2.26. The summed E-state index contributed by atoms with van der Waals surface area (Å²) < 4.78 is 24.6. The van der Waals surface area contributed by atoms with Crippen molar-refractivity contribution in [1.29, 1.82) is 0 Å². The second kappa shape index (κ2) is 6.36. The summed E-state index contributed by atoms with van der Waals surface area (Å²) in [6.45, 7) is 3.03. The van der Waals surface area contributed by atoms with E-state index in [1.54, 1.807) is 6.07 Å². The standard InChI is InChI=1S/C9H17N5O2S/c1-3-11-8-6-9(14-7-13-8)12-4-5-17(15,16)10-2/h6-7,10H,3-5H2,1-2H3,(H2,11,12,13,14). The fraction of sp³-hybridized carbons (Fsp3) is 0.556. The maximum absolute atomic E-state index is 11.2. The van der Waals surface area contributed by atoms with E-state index in [4.69, 9.17) is 0 Å². The fourth-order valence-electron chi connectivity index (χ4n) is 1.15. The lowest BCUT2D eigenvalue weighted by molar-refractivity contribution is 0.588. The molecule has 0 unspecified atom stereocenters. The first-order chi connectivity index (χ1) is 8.07. The highest BCUT2D eigenvalue weighted by atomic mass is 32.2. The molecule has 0 atom stereocenters. The summed E-state index contributed by atoms with van der Waals surface area (Å²) in [5.74, 6) is 1.31. The van der Waals surface area contributed by atoms with Crippen molar-refractivity contribution >= 4 is 21.7 Å². The van der Waals surface area contributed by atoms with Crippen LogP contribution in [-0.4, -0.2) is 44.3 Å². The molecule has 1 rings (SSSR count). The van der Waals surface area contributed by atoms with Crippen molar-refractivity contribution in [2.24, 2.45) is 0 Å². The van der Waals surface area contributed by atoms with Crippen molar-refractivity contribution in [3.63, 3.8) is 0 Å². The summed E-state index contributed by atoms with van der Waals surface area (Å²) in [6.07, 6.45) is 1.42. The van der Waals surface area contributed by atoms with Crippen LogP contribution in [0.25, 0.3) is 0 Å². The molecule has 0 saturated heterocycles. The van der Waals surface area contributed by atoms with E-state index in [1.807, 2.05) is 6.92 Å². The number of nitrogens with zero attached hydrogens (tertiary/aromatic N) is 2. The van der Waals surface area contributed by atoms with Crippen LogP contribution in [0.1, 0.15) is 6.92 Å². The molecular weight excluding hydrogens is 242 g/mol. The summed E-state index contributed by atoms with van der Waals surface area (Å²) in [5.41, 5.74) is 0. The molecule has 0 aliphatic heterocycles. The Balaban J connectivity index is 2.49. The van der Waals surface area contributed by atoms with Crippen molar-refractivity contribution in [2.45, 2.75) is 6.92 Å². The van der Waals surface area contributed by atoms with Gasteiger partial charge >= 0.3 is 0 Å². The first kappa shape index (κ1) is 13.7. The van der Waals surface area contributed by atoms with Gasteiger partial charge < -0.3 is 10.6 Å². The molecule has 0 bridgehead atoms. The predicted octanol–water partition coefficient (Wildman–Crippen LogP) is -0.130. The van der Waals surface area contributed by atoms with Crippen molar-refractivity contribution in [3.8, 4) is 0 Å². The first-order valence-electron chi connectivity index (χ1n) is 5.28. The minimum Gasteiger partial charge on any atom is -0.370 e. The molecule has 1 aromatic heterocycles. The highest BCUT2D eigenvalue weighted by Crippen LogP contribution is 2.07. The lowest BCUT2D eigenvalue weighted by Gasteiger charge is -2.07. The zero-order valence-corrected chi connectivity index (χ0v) is 10.7. The van der Waals surface area contributed by atoms with E-state index in [0.29, 0.717) is 18.2 Å². The topological polar surface area (TPSA) is 96.0 Å². The van der Waals surface area contributed by atoms with Gasteiger partial charge in [-0.05, 0) is 14.0 Å². The van der Waals surface area contributed by atoms with Gasteiger partial charge in [-0.3, -0.25) is 0 Å². The molecule has 0 aromatic carbocycles. The number of nitrogens with one attached hydrogen (secondary N) is 3. The molecule has 17 heavy (non-hydrogen) atoms.